The number of carboxylic acids is 1. The van der Waals surface area contributed by atoms with E-state index < -0.39 is 5.97 Å². The van der Waals surface area contributed by atoms with Gasteiger partial charge in [-0.3, -0.25) is 0 Å². The van der Waals surface area contributed by atoms with Crippen LogP contribution in [0.5, 0.6) is 0 Å². The molecule has 92 valence electrons. The number of hydrogen-bond donors (Lipinski definition) is 1. The highest BCUT2D eigenvalue weighted by atomic mass is 32.2. The highest BCUT2D eigenvalue weighted by Gasteiger charge is 2.05. The van der Waals surface area contributed by atoms with E-state index in [0.29, 0.717) is 11.4 Å². The van der Waals surface area contributed by atoms with E-state index in [2.05, 4.69) is 4.98 Å². The predicted octanol–water partition coefficient (Wildman–Crippen LogP) is 3.21. The molecule has 0 radical (unpaired) electrons. The van der Waals surface area contributed by atoms with Gasteiger partial charge in [0.15, 0.2) is 0 Å². The summed E-state index contributed by atoms with van der Waals surface area (Å²) in [7, 11) is 0. The minimum Gasteiger partial charge on any atom is -0.477 e. The summed E-state index contributed by atoms with van der Waals surface area (Å²) in [5.74, 6) is -0.829. The Morgan fingerprint density at radius 2 is 2.06 bits per heavy atom. The average molecular weight is 263 g/mol. The molecular weight excluding hydrogens is 253 g/mol. The summed E-state index contributed by atoms with van der Waals surface area (Å²) >= 11 is 1.41. The first kappa shape index (κ1) is 12.6. The lowest BCUT2D eigenvalue weighted by atomic mass is 10.3. The summed E-state index contributed by atoms with van der Waals surface area (Å²) in [5.41, 5.74) is 0.677. The Hall–Kier alpha value is -1.88. The summed E-state index contributed by atoms with van der Waals surface area (Å²) in [6.45, 7) is 0. The van der Waals surface area contributed by atoms with Crippen LogP contribution < -0.4 is 0 Å². The Balaban J connectivity index is 2.06. The molecule has 0 amide bonds. The molecular formula is C13H10FNO2S. The van der Waals surface area contributed by atoms with Crippen LogP contribution >= 0.6 is 11.8 Å². The molecule has 0 unspecified atom stereocenters. The standard InChI is InChI=1S/C13H10FNO2S/c14-9-3-1-5-11(7-9)18-8-10-4-2-6-12(15-10)13(16)17/h1-7H,8H2,(H,16,17). The summed E-state index contributed by atoms with van der Waals surface area (Å²) in [6.07, 6.45) is 0. The smallest absolute Gasteiger partial charge is 0.354 e. The molecule has 0 aliphatic heterocycles. The summed E-state index contributed by atoms with van der Waals surface area (Å²) in [5, 5.41) is 8.81. The Labute approximate surface area is 108 Å². The number of pyridine rings is 1. The molecule has 18 heavy (non-hydrogen) atoms. The third kappa shape index (κ3) is 3.30. The molecule has 1 aromatic carbocycles. The molecule has 3 nitrogen and oxygen atoms in total. The number of carboxylic acid groups (broad SMARTS) is 1. The molecule has 2 aromatic rings. The number of nitrogens with zero attached hydrogens (tertiary/aromatic N) is 1. The van der Waals surface area contributed by atoms with Crippen LogP contribution in [0.15, 0.2) is 47.4 Å². The van der Waals surface area contributed by atoms with E-state index in [1.165, 1.54) is 30.0 Å². The van der Waals surface area contributed by atoms with Crippen LogP contribution in [0.2, 0.25) is 0 Å². The molecule has 2 rings (SSSR count). The maximum absolute atomic E-state index is 13.0. The van der Waals surface area contributed by atoms with E-state index in [0.717, 1.165) is 4.90 Å². The van der Waals surface area contributed by atoms with Gasteiger partial charge in [-0.25, -0.2) is 14.2 Å². The van der Waals surface area contributed by atoms with Crippen molar-refractivity contribution < 1.29 is 14.3 Å². The van der Waals surface area contributed by atoms with Gasteiger partial charge in [-0.2, -0.15) is 0 Å². The van der Waals surface area contributed by atoms with E-state index in [4.69, 9.17) is 5.11 Å². The maximum atomic E-state index is 13.0. The van der Waals surface area contributed by atoms with Crippen LogP contribution in [-0.4, -0.2) is 16.1 Å². The van der Waals surface area contributed by atoms with Gasteiger partial charge in [-0.15, -0.1) is 11.8 Å². The van der Waals surface area contributed by atoms with Crippen LogP contribution in [0.3, 0.4) is 0 Å². The minimum atomic E-state index is -1.05. The normalized spacial score (nSPS) is 10.3. The van der Waals surface area contributed by atoms with Crippen molar-refractivity contribution in [1.82, 2.24) is 4.98 Å². The first-order valence-corrected chi connectivity index (χ1v) is 6.21. The highest BCUT2D eigenvalue weighted by molar-refractivity contribution is 7.98. The summed E-state index contributed by atoms with van der Waals surface area (Å²) in [6, 6.07) is 11.1. The van der Waals surface area contributed by atoms with Crippen molar-refractivity contribution in [2.75, 3.05) is 0 Å². The first-order valence-electron chi connectivity index (χ1n) is 5.23. The van der Waals surface area contributed by atoms with Crippen molar-refractivity contribution in [1.29, 1.82) is 0 Å². The SMILES string of the molecule is O=C(O)c1cccc(CSc2cccc(F)c2)n1. The molecule has 0 bridgehead atoms. The molecule has 0 aliphatic rings. The number of aromatic nitrogens is 1. The fourth-order valence-electron chi connectivity index (χ4n) is 1.39. The fourth-order valence-corrected chi connectivity index (χ4v) is 2.24. The number of halogens is 1. The molecule has 0 aliphatic carbocycles. The van der Waals surface area contributed by atoms with E-state index in [-0.39, 0.29) is 11.5 Å². The highest BCUT2D eigenvalue weighted by Crippen LogP contribution is 2.22. The lowest BCUT2D eigenvalue weighted by molar-refractivity contribution is 0.0690. The molecule has 0 spiro atoms. The molecule has 1 aromatic heterocycles. The Morgan fingerprint density at radius 1 is 1.28 bits per heavy atom. The van der Waals surface area contributed by atoms with Crippen molar-refractivity contribution in [3.63, 3.8) is 0 Å². The third-order valence-electron chi connectivity index (χ3n) is 2.21. The largest absolute Gasteiger partial charge is 0.477 e. The van der Waals surface area contributed by atoms with Gasteiger partial charge in [0.1, 0.15) is 11.5 Å². The molecule has 0 atom stereocenters. The van der Waals surface area contributed by atoms with Crippen molar-refractivity contribution in [2.45, 2.75) is 10.6 Å². The van der Waals surface area contributed by atoms with Crippen LogP contribution in [-0.2, 0) is 5.75 Å². The zero-order valence-electron chi connectivity index (χ0n) is 9.34. The Morgan fingerprint density at radius 3 is 2.78 bits per heavy atom. The van der Waals surface area contributed by atoms with Crippen molar-refractivity contribution in [3.8, 4) is 0 Å². The predicted molar refractivity (Wildman–Crippen MR) is 67.2 cm³/mol. The van der Waals surface area contributed by atoms with Gasteiger partial charge in [0.25, 0.3) is 0 Å². The molecule has 0 saturated heterocycles. The molecule has 1 N–H and O–H groups in total. The second-order valence-electron chi connectivity index (χ2n) is 3.57. The quantitative estimate of drug-likeness (QED) is 0.860. The fraction of sp³-hybridized carbons (Fsp3) is 0.0769. The lowest BCUT2D eigenvalue weighted by Gasteiger charge is -2.02. The van der Waals surface area contributed by atoms with Gasteiger partial charge in [0, 0.05) is 10.6 Å². The van der Waals surface area contributed by atoms with Crippen LogP contribution in [0.1, 0.15) is 16.2 Å². The monoisotopic (exact) mass is 263 g/mol. The second kappa shape index (κ2) is 5.64. The van der Waals surface area contributed by atoms with Crippen molar-refractivity contribution in [2.24, 2.45) is 0 Å². The Kier molecular flexibility index (Phi) is 3.94. The van der Waals surface area contributed by atoms with Crippen LogP contribution in [0.4, 0.5) is 4.39 Å². The van der Waals surface area contributed by atoms with Gasteiger partial charge in [0.05, 0.1) is 5.69 Å². The number of thioether (sulfide) groups is 1. The molecule has 0 saturated carbocycles. The van der Waals surface area contributed by atoms with E-state index in [1.54, 1.807) is 24.3 Å². The summed E-state index contributed by atoms with van der Waals surface area (Å²) in [4.78, 5) is 15.5. The van der Waals surface area contributed by atoms with Gasteiger partial charge < -0.3 is 5.11 Å². The third-order valence-corrected chi connectivity index (χ3v) is 3.24. The van der Waals surface area contributed by atoms with Crippen LogP contribution in [0, 0.1) is 5.82 Å². The van der Waals surface area contributed by atoms with E-state index in [1.807, 2.05) is 0 Å². The number of rotatable bonds is 4. The average Bonchev–Trinajstić information content (AvgIpc) is 2.37. The number of benzene rings is 1. The van der Waals surface area contributed by atoms with Crippen LogP contribution in [0.25, 0.3) is 0 Å². The number of hydrogen-bond acceptors (Lipinski definition) is 3. The van der Waals surface area contributed by atoms with Gasteiger partial charge >= 0.3 is 5.97 Å². The minimum absolute atomic E-state index is 0.0207. The maximum Gasteiger partial charge on any atom is 0.354 e. The zero-order valence-corrected chi connectivity index (χ0v) is 10.2. The summed E-state index contributed by atoms with van der Waals surface area (Å²) < 4.78 is 13.0. The molecule has 0 fully saturated rings. The topological polar surface area (TPSA) is 50.2 Å². The van der Waals surface area contributed by atoms with E-state index in [9.17, 15) is 9.18 Å². The van der Waals surface area contributed by atoms with E-state index >= 15 is 0 Å². The van der Waals surface area contributed by atoms with Crippen molar-refractivity contribution >= 4 is 17.7 Å². The van der Waals surface area contributed by atoms with Gasteiger partial charge in [-0.1, -0.05) is 12.1 Å². The second-order valence-corrected chi connectivity index (χ2v) is 4.61. The lowest BCUT2D eigenvalue weighted by Crippen LogP contribution is -2.01. The zero-order chi connectivity index (χ0) is 13.0. The number of aromatic carboxylic acids is 1. The first-order chi connectivity index (χ1) is 8.65. The van der Waals surface area contributed by atoms with Gasteiger partial charge in [0.2, 0.25) is 0 Å². The van der Waals surface area contributed by atoms with Gasteiger partial charge in [-0.05, 0) is 30.3 Å². The Bertz CT molecular complexity index is 574. The van der Waals surface area contributed by atoms with Crippen molar-refractivity contribution in [3.05, 3.63) is 59.7 Å². The molecule has 1 heterocycles. The number of carbonyl (C=O) groups is 1. The molecule has 5 heteroatoms.